The van der Waals surface area contributed by atoms with Gasteiger partial charge in [-0.25, -0.2) is 0 Å². The van der Waals surface area contributed by atoms with Gasteiger partial charge in [-0.1, -0.05) is 0 Å². The number of hydrogen-bond donors (Lipinski definition) is 1. The predicted octanol–water partition coefficient (Wildman–Crippen LogP) is -0.304. The number of ether oxygens (including phenoxy) is 2. The van der Waals surface area contributed by atoms with Crippen LogP contribution in [0.3, 0.4) is 0 Å². The molecule has 0 aliphatic carbocycles. The summed E-state index contributed by atoms with van der Waals surface area (Å²) in [6, 6.07) is 0.468. The van der Waals surface area contributed by atoms with Crippen molar-refractivity contribution in [3.63, 3.8) is 0 Å². The minimum atomic E-state index is 0.363. The molecule has 2 aliphatic rings. The fourth-order valence-corrected chi connectivity index (χ4v) is 2.33. The minimum Gasteiger partial charge on any atom is -0.380 e. The first kappa shape index (κ1) is 10.4. The molecule has 2 atom stereocenters. The van der Waals surface area contributed by atoms with E-state index in [0.29, 0.717) is 12.1 Å². The van der Waals surface area contributed by atoms with Crippen molar-refractivity contribution in [1.82, 2.24) is 10.2 Å². The van der Waals surface area contributed by atoms with Crippen LogP contribution in [-0.2, 0) is 9.47 Å². The number of rotatable bonds is 2. The van der Waals surface area contributed by atoms with E-state index in [1.165, 1.54) is 0 Å². The molecule has 4 heteroatoms. The standard InChI is InChI=1S/C10H20N2O2/c1-13-10-2-7-14-8-9(10)12-5-3-11-4-6-12/h9-11H,2-8H2,1H3. The van der Waals surface area contributed by atoms with Crippen LogP contribution in [0.1, 0.15) is 6.42 Å². The van der Waals surface area contributed by atoms with E-state index in [9.17, 15) is 0 Å². The summed E-state index contributed by atoms with van der Waals surface area (Å²) in [6.45, 7) is 6.10. The lowest BCUT2D eigenvalue weighted by Crippen LogP contribution is -2.56. The molecule has 1 N–H and O–H groups in total. The van der Waals surface area contributed by atoms with E-state index in [1.54, 1.807) is 0 Å². The summed E-state index contributed by atoms with van der Waals surface area (Å²) >= 11 is 0. The first-order chi connectivity index (χ1) is 6.92. The van der Waals surface area contributed by atoms with E-state index < -0.39 is 0 Å². The lowest BCUT2D eigenvalue weighted by Gasteiger charge is -2.40. The maximum Gasteiger partial charge on any atom is 0.0770 e. The Morgan fingerprint density at radius 3 is 2.86 bits per heavy atom. The fourth-order valence-electron chi connectivity index (χ4n) is 2.33. The summed E-state index contributed by atoms with van der Waals surface area (Å²) in [4.78, 5) is 2.49. The van der Waals surface area contributed by atoms with Crippen molar-refractivity contribution in [1.29, 1.82) is 0 Å². The van der Waals surface area contributed by atoms with Crippen molar-refractivity contribution in [2.45, 2.75) is 18.6 Å². The molecule has 2 rings (SSSR count). The maximum atomic E-state index is 5.53. The van der Waals surface area contributed by atoms with Crippen LogP contribution in [0.2, 0.25) is 0 Å². The largest absolute Gasteiger partial charge is 0.380 e. The Kier molecular flexibility index (Phi) is 3.75. The summed E-state index contributed by atoms with van der Waals surface area (Å²) in [5.41, 5.74) is 0. The molecule has 2 unspecified atom stereocenters. The van der Waals surface area contributed by atoms with Crippen LogP contribution in [-0.4, -0.2) is 63.5 Å². The van der Waals surface area contributed by atoms with Gasteiger partial charge in [-0.2, -0.15) is 0 Å². The molecule has 0 radical (unpaired) electrons. The third-order valence-corrected chi connectivity index (χ3v) is 3.19. The van der Waals surface area contributed by atoms with E-state index in [4.69, 9.17) is 9.47 Å². The van der Waals surface area contributed by atoms with Gasteiger partial charge in [-0.3, -0.25) is 4.90 Å². The normalized spacial score (nSPS) is 35.8. The summed E-state index contributed by atoms with van der Waals surface area (Å²) in [5.74, 6) is 0. The number of nitrogens with zero attached hydrogens (tertiary/aromatic N) is 1. The molecule has 0 aromatic heterocycles. The van der Waals surface area contributed by atoms with Crippen LogP contribution in [0.25, 0.3) is 0 Å². The van der Waals surface area contributed by atoms with Crippen molar-refractivity contribution in [2.75, 3.05) is 46.5 Å². The van der Waals surface area contributed by atoms with Crippen LogP contribution in [0.4, 0.5) is 0 Å². The summed E-state index contributed by atoms with van der Waals surface area (Å²) in [7, 11) is 1.81. The molecular formula is C10H20N2O2. The van der Waals surface area contributed by atoms with E-state index in [2.05, 4.69) is 10.2 Å². The highest BCUT2D eigenvalue weighted by molar-refractivity contribution is 4.85. The average Bonchev–Trinajstić information content (AvgIpc) is 2.30. The van der Waals surface area contributed by atoms with Gasteiger partial charge >= 0.3 is 0 Å². The summed E-state index contributed by atoms with van der Waals surface area (Å²) < 4.78 is 11.0. The number of nitrogens with one attached hydrogen (secondary N) is 1. The first-order valence-corrected chi connectivity index (χ1v) is 5.47. The number of piperazine rings is 1. The molecule has 2 heterocycles. The molecule has 0 bridgehead atoms. The topological polar surface area (TPSA) is 33.7 Å². The van der Waals surface area contributed by atoms with E-state index in [1.807, 2.05) is 7.11 Å². The molecule has 82 valence electrons. The Hall–Kier alpha value is -0.160. The zero-order valence-corrected chi connectivity index (χ0v) is 8.87. The molecule has 14 heavy (non-hydrogen) atoms. The fraction of sp³-hybridized carbons (Fsp3) is 1.00. The SMILES string of the molecule is COC1CCOCC1N1CCNCC1. The van der Waals surface area contributed by atoms with Crippen molar-refractivity contribution in [3.8, 4) is 0 Å². The van der Waals surface area contributed by atoms with Crippen LogP contribution in [0.15, 0.2) is 0 Å². The smallest absolute Gasteiger partial charge is 0.0770 e. The van der Waals surface area contributed by atoms with E-state index in [-0.39, 0.29) is 0 Å². The van der Waals surface area contributed by atoms with Crippen molar-refractivity contribution in [3.05, 3.63) is 0 Å². The highest BCUT2D eigenvalue weighted by Crippen LogP contribution is 2.17. The molecule has 2 saturated heterocycles. The molecule has 4 nitrogen and oxygen atoms in total. The van der Waals surface area contributed by atoms with Gasteiger partial charge in [-0.05, 0) is 6.42 Å². The summed E-state index contributed by atoms with van der Waals surface area (Å²) in [6.07, 6.45) is 1.40. The minimum absolute atomic E-state index is 0.363. The summed E-state index contributed by atoms with van der Waals surface area (Å²) in [5, 5.41) is 3.36. The van der Waals surface area contributed by atoms with Crippen LogP contribution in [0, 0.1) is 0 Å². The van der Waals surface area contributed by atoms with Gasteiger partial charge in [0.05, 0.1) is 18.8 Å². The van der Waals surface area contributed by atoms with E-state index >= 15 is 0 Å². The quantitative estimate of drug-likeness (QED) is 0.663. The highest BCUT2D eigenvalue weighted by Gasteiger charge is 2.31. The Morgan fingerprint density at radius 1 is 1.36 bits per heavy atom. The first-order valence-electron chi connectivity index (χ1n) is 5.47. The molecule has 0 spiro atoms. The molecule has 2 fully saturated rings. The van der Waals surface area contributed by atoms with Crippen LogP contribution in [0.5, 0.6) is 0 Å². The Bertz CT molecular complexity index is 172. The second-order valence-corrected chi connectivity index (χ2v) is 3.99. The molecule has 0 amide bonds. The van der Waals surface area contributed by atoms with Crippen molar-refractivity contribution < 1.29 is 9.47 Å². The Labute approximate surface area is 85.5 Å². The zero-order valence-electron chi connectivity index (χ0n) is 8.87. The molecular weight excluding hydrogens is 180 g/mol. The van der Waals surface area contributed by atoms with Gasteiger partial charge in [0.2, 0.25) is 0 Å². The predicted molar refractivity (Wildman–Crippen MR) is 54.5 cm³/mol. The third kappa shape index (κ3) is 2.25. The second-order valence-electron chi connectivity index (χ2n) is 3.99. The highest BCUT2D eigenvalue weighted by atomic mass is 16.5. The Balaban J connectivity index is 1.91. The number of methoxy groups -OCH3 is 1. The maximum absolute atomic E-state index is 5.53. The monoisotopic (exact) mass is 200 g/mol. The third-order valence-electron chi connectivity index (χ3n) is 3.19. The van der Waals surface area contributed by atoms with Gasteiger partial charge in [-0.15, -0.1) is 0 Å². The van der Waals surface area contributed by atoms with Crippen molar-refractivity contribution in [2.24, 2.45) is 0 Å². The Morgan fingerprint density at radius 2 is 2.14 bits per heavy atom. The van der Waals surface area contributed by atoms with Gasteiger partial charge < -0.3 is 14.8 Å². The van der Waals surface area contributed by atoms with Gasteiger partial charge in [0.25, 0.3) is 0 Å². The van der Waals surface area contributed by atoms with Crippen LogP contribution < -0.4 is 5.32 Å². The molecule has 0 saturated carbocycles. The molecule has 0 aromatic carbocycles. The van der Waals surface area contributed by atoms with Crippen LogP contribution >= 0.6 is 0 Å². The van der Waals surface area contributed by atoms with Gasteiger partial charge in [0.15, 0.2) is 0 Å². The van der Waals surface area contributed by atoms with E-state index in [0.717, 1.165) is 45.8 Å². The van der Waals surface area contributed by atoms with Gasteiger partial charge in [0.1, 0.15) is 0 Å². The van der Waals surface area contributed by atoms with Gasteiger partial charge in [0, 0.05) is 39.9 Å². The molecule has 0 aromatic rings. The zero-order chi connectivity index (χ0) is 9.80. The lowest BCUT2D eigenvalue weighted by molar-refractivity contribution is -0.0800. The average molecular weight is 200 g/mol. The number of hydrogen-bond acceptors (Lipinski definition) is 4. The van der Waals surface area contributed by atoms with Crippen molar-refractivity contribution >= 4 is 0 Å². The lowest BCUT2D eigenvalue weighted by atomic mass is 10.0. The second kappa shape index (κ2) is 5.07. The molecule has 2 aliphatic heterocycles.